The Bertz CT molecular complexity index is 646. The molecule has 2 rings (SSSR count). The Morgan fingerprint density at radius 3 is 2.74 bits per heavy atom. The first-order valence-electron chi connectivity index (χ1n) is 5.50. The molecule has 19 heavy (non-hydrogen) atoms. The van der Waals surface area contributed by atoms with Crippen LogP contribution in [-0.4, -0.2) is 33.9 Å². The number of carbonyl (C=O) groups excluding carboxylic acids is 1. The molecule has 1 aromatic heterocycles. The zero-order valence-electron chi connectivity index (χ0n) is 10.4. The predicted molar refractivity (Wildman–Crippen MR) is 66.7 cm³/mol. The number of aromatic carboxylic acids is 1. The van der Waals surface area contributed by atoms with Gasteiger partial charge in [-0.3, -0.25) is 4.79 Å². The molecule has 0 aliphatic carbocycles. The molecule has 0 fully saturated rings. The molecule has 0 atom stereocenters. The average molecular weight is 260 g/mol. The minimum atomic E-state index is -1.23. The highest BCUT2D eigenvalue weighted by Crippen LogP contribution is 2.23. The van der Waals surface area contributed by atoms with E-state index in [9.17, 15) is 9.59 Å². The molecular weight excluding hydrogens is 248 g/mol. The molecule has 0 saturated carbocycles. The molecule has 0 radical (unpaired) electrons. The number of rotatable bonds is 4. The average Bonchev–Trinajstić information content (AvgIpc) is 2.87. The van der Waals surface area contributed by atoms with Crippen molar-refractivity contribution in [2.45, 2.75) is 6.92 Å². The Morgan fingerprint density at radius 2 is 2.11 bits per heavy atom. The van der Waals surface area contributed by atoms with E-state index in [0.29, 0.717) is 5.75 Å². The van der Waals surface area contributed by atoms with Crippen molar-refractivity contribution in [3.8, 4) is 5.75 Å². The molecule has 0 bridgehead atoms. The second-order valence-electron chi connectivity index (χ2n) is 3.96. The number of aromatic nitrogens is 2. The number of imidazole rings is 1. The quantitative estimate of drug-likeness (QED) is 0.815. The number of benzene rings is 1. The van der Waals surface area contributed by atoms with E-state index in [1.165, 1.54) is 13.4 Å². The smallest absolute Gasteiger partial charge is 0.354 e. The number of carbonyl (C=O) groups is 2. The van der Waals surface area contributed by atoms with Gasteiger partial charge in [-0.05, 0) is 19.1 Å². The van der Waals surface area contributed by atoms with Gasteiger partial charge in [-0.15, -0.1) is 0 Å². The number of ketones is 1. The Morgan fingerprint density at radius 1 is 1.37 bits per heavy atom. The second-order valence-corrected chi connectivity index (χ2v) is 3.96. The largest absolute Gasteiger partial charge is 0.496 e. The van der Waals surface area contributed by atoms with Crippen LogP contribution in [0.1, 0.15) is 32.1 Å². The highest BCUT2D eigenvalue weighted by molar-refractivity contribution is 6.13. The van der Waals surface area contributed by atoms with Gasteiger partial charge >= 0.3 is 5.97 Å². The van der Waals surface area contributed by atoms with Gasteiger partial charge in [0.05, 0.1) is 19.0 Å². The number of aryl methyl sites for hydroxylation is 1. The maximum Gasteiger partial charge on any atom is 0.354 e. The summed E-state index contributed by atoms with van der Waals surface area (Å²) in [4.78, 5) is 29.5. The fraction of sp³-hybridized carbons (Fsp3) is 0.154. The molecule has 1 heterocycles. The number of carboxylic acids is 1. The zero-order chi connectivity index (χ0) is 14.0. The molecule has 1 aromatic carbocycles. The van der Waals surface area contributed by atoms with Gasteiger partial charge in [-0.25, -0.2) is 9.78 Å². The van der Waals surface area contributed by atoms with E-state index in [-0.39, 0.29) is 17.0 Å². The Hall–Kier alpha value is -2.63. The number of carboxylic acid groups (broad SMARTS) is 1. The molecule has 0 spiro atoms. The van der Waals surface area contributed by atoms with Crippen LogP contribution in [0.25, 0.3) is 0 Å². The van der Waals surface area contributed by atoms with Crippen LogP contribution in [0.15, 0.2) is 24.5 Å². The lowest BCUT2D eigenvalue weighted by Crippen LogP contribution is -2.11. The summed E-state index contributed by atoms with van der Waals surface area (Å²) >= 11 is 0. The third kappa shape index (κ3) is 2.33. The summed E-state index contributed by atoms with van der Waals surface area (Å²) < 4.78 is 5.11. The standard InChI is InChI=1S/C13H12N2O4/c1-7-3-4-9(19-2)8(5-7)12(16)10-11(13(17)18)15-6-14-10/h3-6H,1-2H3,(H,14,15)(H,17,18). The van der Waals surface area contributed by atoms with Gasteiger partial charge < -0.3 is 14.8 Å². The van der Waals surface area contributed by atoms with Crippen LogP contribution in [0, 0.1) is 6.92 Å². The first-order valence-corrected chi connectivity index (χ1v) is 5.50. The topological polar surface area (TPSA) is 92.3 Å². The summed E-state index contributed by atoms with van der Waals surface area (Å²) in [5.41, 5.74) is 0.804. The Labute approximate surface area is 109 Å². The van der Waals surface area contributed by atoms with Crippen molar-refractivity contribution in [2.24, 2.45) is 0 Å². The SMILES string of the molecule is COc1ccc(C)cc1C(=O)c1nc[nH]c1C(=O)O. The highest BCUT2D eigenvalue weighted by atomic mass is 16.5. The van der Waals surface area contributed by atoms with Crippen molar-refractivity contribution in [1.82, 2.24) is 9.97 Å². The monoisotopic (exact) mass is 260 g/mol. The number of hydrogen-bond acceptors (Lipinski definition) is 4. The number of nitrogens with zero attached hydrogens (tertiary/aromatic N) is 1. The first kappa shape index (κ1) is 12.8. The molecular formula is C13H12N2O4. The highest BCUT2D eigenvalue weighted by Gasteiger charge is 2.23. The van der Waals surface area contributed by atoms with Crippen LogP contribution >= 0.6 is 0 Å². The number of hydrogen-bond donors (Lipinski definition) is 2. The molecule has 0 aliphatic rings. The van der Waals surface area contributed by atoms with Crippen molar-refractivity contribution < 1.29 is 19.4 Å². The van der Waals surface area contributed by atoms with Crippen molar-refractivity contribution in [3.05, 3.63) is 47.0 Å². The maximum atomic E-state index is 12.3. The van der Waals surface area contributed by atoms with Gasteiger partial charge in [0.25, 0.3) is 0 Å². The van der Waals surface area contributed by atoms with E-state index in [2.05, 4.69) is 9.97 Å². The molecule has 0 saturated heterocycles. The second kappa shape index (κ2) is 4.93. The van der Waals surface area contributed by atoms with Crippen LogP contribution in [0.3, 0.4) is 0 Å². The van der Waals surface area contributed by atoms with Gasteiger partial charge in [0.1, 0.15) is 11.4 Å². The summed E-state index contributed by atoms with van der Waals surface area (Å²) in [6.45, 7) is 1.83. The normalized spacial score (nSPS) is 10.2. The van der Waals surface area contributed by atoms with E-state index < -0.39 is 11.8 Å². The van der Waals surface area contributed by atoms with Crippen molar-refractivity contribution in [1.29, 1.82) is 0 Å². The van der Waals surface area contributed by atoms with E-state index in [1.807, 2.05) is 6.92 Å². The fourth-order valence-electron chi connectivity index (χ4n) is 1.76. The predicted octanol–water partition coefficient (Wildman–Crippen LogP) is 1.66. The van der Waals surface area contributed by atoms with Crippen molar-refractivity contribution in [3.63, 3.8) is 0 Å². The molecule has 6 heteroatoms. The van der Waals surface area contributed by atoms with Gasteiger partial charge in [0, 0.05) is 0 Å². The molecule has 0 aliphatic heterocycles. The van der Waals surface area contributed by atoms with E-state index in [1.54, 1.807) is 18.2 Å². The van der Waals surface area contributed by atoms with E-state index in [4.69, 9.17) is 9.84 Å². The fourth-order valence-corrected chi connectivity index (χ4v) is 1.76. The summed E-state index contributed by atoms with van der Waals surface area (Å²) in [5, 5.41) is 8.98. The number of methoxy groups -OCH3 is 1. The van der Waals surface area contributed by atoms with Crippen LogP contribution in [0.5, 0.6) is 5.75 Å². The maximum absolute atomic E-state index is 12.3. The van der Waals surface area contributed by atoms with Gasteiger partial charge in [0.2, 0.25) is 5.78 Å². The minimum absolute atomic E-state index is 0.128. The summed E-state index contributed by atoms with van der Waals surface area (Å²) in [6, 6.07) is 5.11. The van der Waals surface area contributed by atoms with Crippen molar-refractivity contribution >= 4 is 11.8 Å². The number of aromatic amines is 1. The van der Waals surface area contributed by atoms with Crippen molar-refractivity contribution in [2.75, 3.05) is 7.11 Å². The third-order valence-corrected chi connectivity index (χ3v) is 2.67. The Balaban J connectivity index is 2.52. The number of H-pyrrole nitrogens is 1. The summed E-state index contributed by atoms with van der Waals surface area (Å²) in [5.74, 6) is -1.33. The molecule has 2 N–H and O–H groups in total. The van der Waals surface area contributed by atoms with Gasteiger partial charge in [-0.2, -0.15) is 0 Å². The first-order chi connectivity index (χ1) is 9.04. The number of nitrogens with one attached hydrogen (secondary N) is 1. The Kier molecular flexibility index (Phi) is 3.33. The lowest BCUT2D eigenvalue weighted by atomic mass is 10.0. The van der Waals surface area contributed by atoms with E-state index in [0.717, 1.165) is 5.56 Å². The van der Waals surface area contributed by atoms with Crippen LogP contribution in [-0.2, 0) is 0 Å². The summed E-state index contributed by atoms with van der Waals surface area (Å²) in [7, 11) is 1.45. The third-order valence-electron chi connectivity index (χ3n) is 2.67. The van der Waals surface area contributed by atoms with Crippen LogP contribution in [0.4, 0.5) is 0 Å². The lowest BCUT2D eigenvalue weighted by molar-refractivity contribution is 0.0687. The molecule has 98 valence electrons. The van der Waals surface area contributed by atoms with Gasteiger partial charge in [-0.1, -0.05) is 11.6 Å². The molecule has 6 nitrogen and oxygen atoms in total. The molecule has 0 unspecified atom stereocenters. The lowest BCUT2D eigenvalue weighted by Gasteiger charge is -2.07. The van der Waals surface area contributed by atoms with Crippen LogP contribution < -0.4 is 4.74 Å². The van der Waals surface area contributed by atoms with E-state index >= 15 is 0 Å². The zero-order valence-corrected chi connectivity index (χ0v) is 10.4. The molecule has 0 amide bonds. The minimum Gasteiger partial charge on any atom is -0.496 e. The molecule has 2 aromatic rings. The summed E-state index contributed by atoms with van der Waals surface area (Å²) in [6.07, 6.45) is 1.18. The van der Waals surface area contributed by atoms with Gasteiger partial charge in [0.15, 0.2) is 5.69 Å². The van der Waals surface area contributed by atoms with Crippen LogP contribution in [0.2, 0.25) is 0 Å². The number of ether oxygens (including phenoxy) is 1.